The molecule has 0 amide bonds. The van der Waals surface area contributed by atoms with Crippen molar-refractivity contribution in [1.29, 1.82) is 0 Å². The smallest absolute Gasteiger partial charge is 0.0132 e. The summed E-state index contributed by atoms with van der Waals surface area (Å²) in [6.45, 7) is 8.75. The fourth-order valence-electron chi connectivity index (χ4n) is 1.05. The topological polar surface area (TPSA) is 0 Å². The molecule has 0 heterocycles. The Balaban J connectivity index is 3.06. The summed E-state index contributed by atoms with van der Waals surface area (Å²) in [5.41, 5.74) is 2.87. The van der Waals surface area contributed by atoms with Gasteiger partial charge in [-0.2, -0.15) is 0 Å². The molecule has 0 nitrogen and oxygen atoms in total. The predicted molar refractivity (Wildman–Crippen MR) is 48.7 cm³/mol. The van der Waals surface area contributed by atoms with Gasteiger partial charge < -0.3 is 0 Å². The van der Waals surface area contributed by atoms with Crippen LogP contribution in [0.5, 0.6) is 0 Å². The zero-order chi connectivity index (χ0) is 8.48. The summed E-state index contributed by atoms with van der Waals surface area (Å²) >= 11 is 0. The number of hydrogen-bond acceptors (Lipinski definition) is 0. The second kappa shape index (κ2) is 2.69. The second-order valence-electron chi connectivity index (χ2n) is 4.01. The van der Waals surface area contributed by atoms with E-state index in [1.54, 1.807) is 0 Å². The minimum Gasteiger partial charge on any atom is -0.0579 e. The fourth-order valence-corrected chi connectivity index (χ4v) is 1.05. The Morgan fingerprint density at radius 3 is 2.27 bits per heavy atom. The van der Waals surface area contributed by atoms with Crippen molar-refractivity contribution < 1.29 is 0 Å². The average Bonchev–Trinajstić information content (AvgIpc) is 1.86. The van der Waals surface area contributed by atoms with Crippen LogP contribution in [0.4, 0.5) is 0 Å². The summed E-state index contributed by atoms with van der Waals surface area (Å²) < 4.78 is 0. The maximum Gasteiger partial charge on any atom is -0.0132 e. The lowest BCUT2D eigenvalue weighted by Gasteiger charge is -2.18. The molecule has 11 heavy (non-hydrogen) atoms. The van der Waals surface area contributed by atoms with Crippen molar-refractivity contribution >= 4 is 0 Å². The molecule has 0 N–H and O–H groups in total. The minimum atomic E-state index is 0.264. The summed E-state index contributed by atoms with van der Waals surface area (Å²) in [5, 5.41) is 0. The van der Waals surface area contributed by atoms with E-state index in [9.17, 15) is 0 Å². The van der Waals surface area contributed by atoms with Gasteiger partial charge in [-0.1, -0.05) is 39.0 Å². The Labute approximate surface area is 69.3 Å². The molecule has 0 aliphatic rings. The van der Waals surface area contributed by atoms with Gasteiger partial charge in [0.25, 0.3) is 0 Å². The van der Waals surface area contributed by atoms with Gasteiger partial charge in [-0.05, 0) is 29.5 Å². The summed E-state index contributed by atoms with van der Waals surface area (Å²) in [5.74, 6) is 0. The first-order valence-corrected chi connectivity index (χ1v) is 3.99. The molecule has 0 saturated heterocycles. The van der Waals surface area contributed by atoms with Crippen LogP contribution in [0.3, 0.4) is 0 Å². The second-order valence-corrected chi connectivity index (χ2v) is 4.01. The Kier molecular flexibility index (Phi) is 2.03. The first-order chi connectivity index (χ1) is 5.00. The van der Waals surface area contributed by atoms with Crippen LogP contribution < -0.4 is 0 Å². The van der Waals surface area contributed by atoms with E-state index in [-0.39, 0.29) is 5.41 Å². The average molecular weight is 147 g/mol. The number of rotatable bonds is 0. The summed E-state index contributed by atoms with van der Waals surface area (Å²) in [6, 6.07) is 9.47. The highest BCUT2D eigenvalue weighted by atomic mass is 14.2. The van der Waals surface area contributed by atoms with E-state index < -0.39 is 0 Å². The van der Waals surface area contributed by atoms with Gasteiger partial charge in [0.1, 0.15) is 0 Å². The molecule has 1 aromatic rings. The normalized spacial score (nSPS) is 11.6. The van der Waals surface area contributed by atoms with Crippen molar-refractivity contribution in [3.05, 3.63) is 35.4 Å². The van der Waals surface area contributed by atoms with Crippen molar-refractivity contribution in [1.82, 2.24) is 0 Å². The van der Waals surface area contributed by atoms with Gasteiger partial charge in [0.05, 0.1) is 0 Å². The van der Waals surface area contributed by atoms with Gasteiger partial charge in [0.15, 0.2) is 0 Å². The van der Waals surface area contributed by atoms with Crippen LogP contribution >= 0.6 is 0 Å². The maximum absolute atomic E-state index is 3.14. The molecule has 0 atom stereocenters. The van der Waals surface area contributed by atoms with Crippen molar-refractivity contribution in [2.75, 3.05) is 0 Å². The van der Waals surface area contributed by atoms with Gasteiger partial charge in [0.2, 0.25) is 0 Å². The fraction of sp³-hybridized carbons (Fsp3) is 0.455. The molecule has 1 rings (SSSR count). The van der Waals surface area contributed by atoms with Crippen LogP contribution in [-0.2, 0) is 5.41 Å². The standard InChI is InChI=1S/C11H15/c1-9-6-5-7-10(8-9)11(2,3)4/h5,7-8H,1-4H3. The lowest BCUT2D eigenvalue weighted by atomic mass is 9.86. The van der Waals surface area contributed by atoms with Crippen LogP contribution in [0.1, 0.15) is 31.9 Å². The largest absolute Gasteiger partial charge is 0.0579 e. The van der Waals surface area contributed by atoms with Gasteiger partial charge in [-0.15, -0.1) is 0 Å². The third kappa shape index (κ3) is 2.07. The SMILES string of the molecule is Cc1[c]ccc(C(C)(C)C)c1. The Morgan fingerprint density at radius 2 is 1.91 bits per heavy atom. The minimum absolute atomic E-state index is 0.264. The third-order valence-electron chi connectivity index (χ3n) is 1.81. The number of aryl methyl sites for hydroxylation is 1. The van der Waals surface area contributed by atoms with Crippen LogP contribution in [0.15, 0.2) is 18.2 Å². The van der Waals surface area contributed by atoms with E-state index in [1.165, 1.54) is 11.1 Å². The molecule has 0 fully saturated rings. The number of hydrogen-bond donors (Lipinski definition) is 0. The molecule has 0 aromatic heterocycles. The Bertz CT molecular complexity index is 240. The highest BCUT2D eigenvalue weighted by molar-refractivity contribution is 5.26. The molecular formula is C11H15. The molecule has 1 radical (unpaired) electrons. The zero-order valence-electron chi connectivity index (χ0n) is 7.73. The highest BCUT2D eigenvalue weighted by Crippen LogP contribution is 2.21. The quantitative estimate of drug-likeness (QED) is 0.529. The molecule has 59 valence electrons. The molecule has 0 aliphatic carbocycles. The van der Waals surface area contributed by atoms with Crippen molar-refractivity contribution in [3.63, 3.8) is 0 Å². The predicted octanol–water partition coefficient (Wildman–Crippen LogP) is 3.09. The first-order valence-electron chi connectivity index (χ1n) is 3.99. The molecule has 0 heteroatoms. The van der Waals surface area contributed by atoms with Crippen LogP contribution in [0.25, 0.3) is 0 Å². The molecule has 0 saturated carbocycles. The van der Waals surface area contributed by atoms with Crippen molar-refractivity contribution in [2.45, 2.75) is 33.1 Å². The molecule has 0 aliphatic heterocycles. The Morgan fingerprint density at radius 1 is 1.27 bits per heavy atom. The van der Waals surface area contributed by atoms with E-state index in [4.69, 9.17) is 0 Å². The molecule has 0 unspecified atom stereocenters. The van der Waals surface area contributed by atoms with E-state index in [0.717, 1.165) is 0 Å². The van der Waals surface area contributed by atoms with Crippen LogP contribution in [0, 0.1) is 13.0 Å². The maximum atomic E-state index is 3.14. The number of benzene rings is 1. The summed E-state index contributed by atoms with van der Waals surface area (Å²) in [6.07, 6.45) is 0. The van der Waals surface area contributed by atoms with Gasteiger partial charge in [-0.3, -0.25) is 0 Å². The van der Waals surface area contributed by atoms with E-state index in [1.807, 2.05) is 6.07 Å². The summed E-state index contributed by atoms with van der Waals surface area (Å²) in [4.78, 5) is 0. The van der Waals surface area contributed by atoms with Crippen molar-refractivity contribution in [3.8, 4) is 0 Å². The molecule has 1 aromatic carbocycles. The molecule has 0 spiro atoms. The van der Waals surface area contributed by atoms with Crippen molar-refractivity contribution in [2.24, 2.45) is 0 Å². The zero-order valence-corrected chi connectivity index (χ0v) is 7.73. The monoisotopic (exact) mass is 147 g/mol. The lowest BCUT2D eigenvalue weighted by Crippen LogP contribution is -2.10. The third-order valence-corrected chi connectivity index (χ3v) is 1.81. The van der Waals surface area contributed by atoms with E-state index in [2.05, 4.69) is 45.9 Å². The first kappa shape index (κ1) is 8.32. The lowest BCUT2D eigenvalue weighted by molar-refractivity contribution is 0.589. The van der Waals surface area contributed by atoms with Gasteiger partial charge in [0, 0.05) is 0 Å². The van der Waals surface area contributed by atoms with E-state index in [0.29, 0.717) is 0 Å². The van der Waals surface area contributed by atoms with Crippen LogP contribution in [0.2, 0.25) is 0 Å². The molecular weight excluding hydrogens is 132 g/mol. The Hall–Kier alpha value is -0.780. The summed E-state index contributed by atoms with van der Waals surface area (Å²) in [7, 11) is 0. The highest BCUT2D eigenvalue weighted by Gasteiger charge is 2.12. The van der Waals surface area contributed by atoms with E-state index >= 15 is 0 Å². The van der Waals surface area contributed by atoms with Gasteiger partial charge >= 0.3 is 0 Å². The van der Waals surface area contributed by atoms with Crippen LogP contribution in [-0.4, -0.2) is 0 Å². The van der Waals surface area contributed by atoms with Gasteiger partial charge in [-0.25, -0.2) is 0 Å². The molecule has 0 bridgehead atoms.